The van der Waals surface area contributed by atoms with Gasteiger partial charge in [-0.2, -0.15) is 0 Å². The van der Waals surface area contributed by atoms with Crippen LogP contribution in [0.2, 0.25) is 0 Å². The lowest BCUT2D eigenvalue weighted by Gasteiger charge is -2.28. The lowest BCUT2D eigenvalue weighted by atomic mass is 10.1. The number of nitrogens with one attached hydrogen (secondary N) is 1. The minimum Gasteiger partial charge on any atom is -0.494 e. The number of anilines is 1. The first-order valence-electron chi connectivity index (χ1n) is 16.1. The van der Waals surface area contributed by atoms with Crippen LogP contribution in [0.4, 0.5) is 5.69 Å². The van der Waals surface area contributed by atoms with E-state index >= 15 is 0 Å². The van der Waals surface area contributed by atoms with E-state index in [4.69, 9.17) is 4.74 Å². The molecule has 0 fully saturated rings. The number of carbonyl (C=O) groups excluding carboxylic acids is 2. The summed E-state index contributed by atoms with van der Waals surface area (Å²) in [5.74, 6) is 0.448. The van der Waals surface area contributed by atoms with E-state index in [1.807, 2.05) is 79.8 Å². The van der Waals surface area contributed by atoms with E-state index in [1.165, 1.54) is 0 Å². The van der Waals surface area contributed by atoms with Crippen molar-refractivity contribution < 1.29 is 14.3 Å². The number of benzene rings is 4. The van der Waals surface area contributed by atoms with Gasteiger partial charge in [-0.1, -0.05) is 74.0 Å². The number of amides is 2. The van der Waals surface area contributed by atoms with Crippen molar-refractivity contribution in [1.82, 2.24) is 14.8 Å². The fraction of sp³-hybridized carbons (Fsp3) is 0.282. The quantitative estimate of drug-likeness (QED) is 0.125. The van der Waals surface area contributed by atoms with Crippen LogP contribution in [0.25, 0.3) is 10.9 Å². The maximum Gasteiger partial charge on any atom is 0.254 e. The molecule has 0 bridgehead atoms. The molecule has 0 radical (unpaired) electrons. The summed E-state index contributed by atoms with van der Waals surface area (Å²) in [7, 11) is 4.02. The summed E-state index contributed by atoms with van der Waals surface area (Å²) in [5, 5.41) is 1.16. The molecular weight excluding hydrogens is 572 g/mol. The van der Waals surface area contributed by atoms with E-state index in [0.29, 0.717) is 38.2 Å². The number of aromatic nitrogens is 1. The van der Waals surface area contributed by atoms with Crippen molar-refractivity contribution in [2.75, 3.05) is 38.7 Å². The molecule has 1 aromatic heterocycles. The van der Waals surface area contributed by atoms with E-state index in [2.05, 4.69) is 53.2 Å². The molecule has 0 aliphatic heterocycles. The first-order chi connectivity index (χ1) is 22.4. The first-order valence-corrected chi connectivity index (χ1v) is 16.1. The first kappa shape index (κ1) is 32.4. The summed E-state index contributed by atoms with van der Waals surface area (Å²) in [6.07, 6.45) is 4.75. The Morgan fingerprint density at radius 3 is 2.15 bits per heavy atom. The van der Waals surface area contributed by atoms with Crippen molar-refractivity contribution in [3.05, 3.63) is 132 Å². The Labute approximate surface area is 272 Å². The monoisotopic (exact) mass is 616 g/mol. The van der Waals surface area contributed by atoms with Gasteiger partial charge in [0.2, 0.25) is 5.91 Å². The van der Waals surface area contributed by atoms with Crippen LogP contribution in [0, 0.1) is 0 Å². The normalized spacial score (nSPS) is 10.9. The third-order valence-corrected chi connectivity index (χ3v) is 8.20. The fourth-order valence-electron chi connectivity index (χ4n) is 5.48. The molecule has 0 atom stereocenters. The lowest BCUT2D eigenvalue weighted by Crippen LogP contribution is -2.43. The Balaban J connectivity index is 1.37. The van der Waals surface area contributed by atoms with Crippen LogP contribution in [0.3, 0.4) is 0 Å². The zero-order valence-electron chi connectivity index (χ0n) is 27.1. The maximum atomic E-state index is 14.2. The number of aromatic amines is 1. The summed E-state index contributed by atoms with van der Waals surface area (Å²) in [4.78, 5) is 37.0. The van der Waals surface area contributed by atoms with Crippen molar-refractivity contribution in [3.63, 3.8) is 0 Å². The number of fused-ring (bicyclic) bond motifs is 1. The molecule has 0 spiro atoms. The minimum atomic E-state index is -0.191. The molecule has 0 aliphatic carbocycles. The predicted octanol–water partition coefficient (Wildman–Crippen LogP) is 7.33. The Kier molecular flexibility index (Phi) is 11.1. The van der Waals surface area contributed by atoms with Crippen molar-refractivity contribution in [3.8, 4) is 5.75 Å². The van der Waals surface area contributed by atoms with Gasteiger partial charge in [0, 0.05) is 62.1 Å². The van der Waals surface area contributed by atoms with Gasteiger partial charge < -0.3 is 24.4 Å². The average molecular weight is 617 g/mol. The van der Waals surface area contributed by atoms with Gasteiger partial charge in [0.25, 0.3) is 5.91 Å². The van der Waals surface area contributed by atoms with Gasteiger partial charge in [-0.3, -0.25) is 9.59 Å². The van der Waals surface area contributed by atoms with Gasteiger partial charge in [0.05, 0.1) is 6.61 Å². The highest BCUT2D eigenvalue weighted by molar-refractivity contribution is 5.96. The van der Waals surface area contributed by atoms with Crippen LogP contribution in [0.1, 0.15) is 46.8 Å². The molecule has 0 saturated heterocycles. The smallest absolute Gasteiger partial charge is 0.254 e. The summed E-state index contributed by atoms with van der Waals surface area (Å²) in [5.41, 5.74) is 5.87. The number of carbonyl (C=O) groups is 2. The van der Waals surface area contributed by atoms with E-state index in [1.54, 1.807) is 17.0 Å². The van der Waals surface area contributed by atoms with Gasteiger partial charge in [-0.05, 0) is 72.0 Å². The molecule has 0 unspecified atom stereocenters. The largest absolute Gasteiger partial charge is 0.494 e. The van der Waals surface area contributed by atoms with Crippen LogP contribution < -0.4 is 9.64 Å². The van der Waals surface area contributed by atoms with Gasteiger partial charge in [0.1, 0.15) is 12.3 Å². The van der Waals surface area contributed by atoms with Crippen LogP contribution in [0.15, 0.2) is 109 Å². The van der Waals surface area contributed by atoms with Crippen molar-refractivity contribution in [2.24, 2.45) is 0 Å². The zero-order chi connectivity index (χ0) is 32.3. The molecule has 2 amide bonds. The highest BCUT2D eigenvalue weighted by Gasteiger charge is 2.23. The Morgan fingerprint density at radius 2 is 1.43 bits per heavy atom. The van der Waals surface area contributed by atoms with E-state index in [9.17, 15) is 9.59 Å². The molecule has 1 N–H and O–H groups in total. The zero-order valence-corrected chi connectivity index (χ0v) is 27.1. The molecule has 238 valence electrons. The molecule has 1 heterocycles. The second-order valence-electron chi connectivity index (χ2n) is 11.9. The van der Waals surface area contributed by atoms with Gasteiger partial charge in [-0.25, -0.2) is 0 Å². The average Bonchev–Trinajstić information content (AvgIpc) is 3.50. The van der Waals surface area contributed by atoms with Crippen LogP contribution in [-0.2, 0) is 24.3 Å². The summed E-state index contributed by atoms with van der Waals surface area (Å²) in [6, 6.07) is 33.5. The molecule has 46 heavy (non-hydrogen) atoms. The maximum absolute atomic E-state index is 14.2. The summed E-state index contributed by atoms with van der Waals surface area (Å²) < 4.78 is 5.80. The number of para-hydroxylation sites is 1. The Hall–Kier alpha value is -5.04. The molecule has 5 aromatic rings. The number of ether oxygens (including phenoxy) is 1. The molecule has 4 aromatic carbocycles. The molecule has 7 nitrogen and oxygen atoms in total. The van der Waals surface area contributed by atoms with Crippen LogP contribution >= 0.6 is 0 Å². The number of hydrogen-bond donors (Lipinski definition) is 1. The molecule has 7 heteroatoms. The minimum absolute atomic E-state index is 0.0356. The Bertz CT molecular complexity index is 1700. The third kappa shape index (κ3) is 8.57. The van der Waals surface area contributed by atoms with Gasteiger partial charge in [0.15, 0.2) is 0 Å². The standard InChI is InChI=1S/C39H44N4O3/c1-4-5-25-46-35-21-17-32(18-22-35)39(45)43(28-30-11-7-6-8-12-30)29-38(44)42(27-31-15-19-34(20-16-31)41(2)3)24-23-33-26-40-37-14-10-9-13-36(33)37/h6-22,26,40H,4-5,23-25,27-29H2,1-3H3. The van der Waals surface area contributed by atoms with Crippen molar-refractivity contribution in [1.29, 1.82) is 0 Å². The molecular formula is C39H44N4O3. The van der Waals surface area contributed by atoms with E-state index in [-0.39, 0.29) is 18.4 Å². The van der Waals surface area contributed by atoms with Crippen molar-refractivity contribution in [2.45, 2.75) is 39.3 Å². The fourth-order valence-corrected chi connectivity index (χ4v) is 5.48. The highest BCUT2D eigenvalue weighted by atomic mass is 16.5. The predicted molar refractivity (Wildman–Crippen MR) is 186 cm³/mol. The van der Waals surface area contributed by atoms with Crippen LogP contribution in [0.5, 0.6) is 5.75 Å². The van der Waals surface area contributed by atoms with Crippen LogP contribution in [-0.4, -0.2) is 60.4 Å². The number of unbranched alkanes of at least 4 members (excludes halogenated alkanes) is 1. The SMILES string of the molecule is CCCCOc1ccc(C(=O)N(CC(=O)N(CCc2c[nH]c3ccccc23)Cc2ccc(N(C)C)cc2)Cc2ccccc2)cc1. The topological polar surface area (TPSA) is 68.9 Å². The Morgan fingerprint density at radius 1 is 0.761 bits per heavy atom. The lowest BCUT2D eigenvalue weighted by molar-refractivity contribution is -0.132. The number of H-pyrrole nitrogens is 1. The second kappa shape index (κ2) is 15.8. The van der Waals surface area contributed by atoms with Gasteiger partial charge in [-0.15, -0.1) is 0 Å². The highest BCUT2D eigenvalue weighted by Crippen LogP contribution is 2.21. The molecule has 5 rings (SSSR count). The molecule has 0 saturated carbocycles. The second-order valence-corrected chi connectivity index (χ2v) is 11.9. The van der Waals surface area contributed by atoms with E-state index < -0.39 is 0 Å². The number of nitrogens with zero attached hydrogens (tertiary/aromatic N) is 3. The van der Waals surface area contributed by atoms with E-state index in [0.717, 1.165) is 51.9 Å². The number of hydrogen-bond acceptors (Lipinski definition) is 4. The summed E-state index contributed by atoms with van der Waals surface area (Å²) >= 11 is 0. The summed E-state index contributed by atoms with van der Waals surface area (Å²) in [6.45, 7) is 4.03. The van der Waals surface area contributed by atoms with Gasteiger partial charge >= 0.3 is 0 Å². The molecule has 0 aliphatic rings. The third-order valence-electron chi connectivity index (χ3n) is 8.20. The van der Waals surface area contributed by atoms with Crippen molar-refractivity contribution >= 4 is 28.4 Å². The number of rotatable bonds is 15.